The molecule has 10 aliphatic rings. The zero-order valence-corrected chi connectivity index (χ0v) is 31.9. The topological polar surface area (TPSA) is 93.7 Å². The number of amides is 1. The van der Waals surface area contributed by atoms with Gasteiger partial charge in [0.25, 0.3) is 0 Å². The molecule has 1 unspecified atom stereocenters. The van der Waals surface area contributed by atoms with Crippen molar-refractivity contribution in [1.82, 2.24) is 0 Å². The molecule has 1 aromatic rings. The first kappa shape index (κ1) is 35.0. The van der Waals surface area contributed by atoms with Crippen molar-refractivity contribution in [3.8, 4) is 0 Å². The second-order valence-electron chi connectivity index (χ2n) is 19.1. The fourth-order valence-corrected chi connectivity index (χ4v) is 13.1. The lowest BCUT2D eigenvalue weighted by Gasteiger charge is -2.62. The number of carbonyl (C=O) groups excluding carboxylic acids is 1. The van der Waals surface area contributed by atoms with Crippen LogP contribution < -0.4 is 5.32 Å². The van der Waals surface area contributed by atoms with Crippen LogP contribution in [0.5, 0.6) is 0 Å². The van der Waals surface area contributed by atoms with Gasteiger partial charge in [-0.15, -0.1) is 0 Å². The van der Waals surface area contributed by atoms with Crippen LogP contribution in [0.25, 0.3) is 0 Å². The number of nitrogens with one attached hydrogen (secondary N) is 1. The quantitative estimate of drug-likeness (QED) is 0.304. The Balaban J connectivity index is 1.04. The van der Waals surface area contributed by atoms with Crippen LogP contribution in [0.2, 0.25) is 0 Å². The number of hydrogen-bond donors (Lipinski definition) is 1. The second-order valence-corrected chi connectivity index (χ2v) is 19.1. The summed E-state index contributed by atoms with van der Waals surface area (Å²) >= 11 is 0. The van der Waals surface area contributed by atoms with Crippen LogP contribution in [0.4, 0.5) is 10.5 Å². The van der Waals surface area contributed by atoms with Crippen molar-refractivity contribution in [3.05, 3.63) is 29.8 Å². The number of ether oxygens (including phenoxy) is 3. The Morgan fingerprint density at radius 1 is 0.745 bits per heavy atom. The molecule has 2 spiro atoms. The fourth-order valence-electron chi connectivity index (χ4n) is 13.1. The van der Waals surface area contributed by atoms with Gasteiger partial charge in [-0.3, -0.25) is 5.32 Å². The molecule has 10 fully saturated rings. The van der Waals surface area contributed by atoms with Crippen molar-refractivity contribution in [2.45, 2.75) is 172 Å². The van der Waals surface area contributed by atoms with Crippen molar-refractivity contribution in [3.63, 3.8) is 0 Å². The van der Waals surface area contributed by atoms with Gasteiger partial charge in [0.15, 0.2) is 0 Å². The molecular weight excluding hydrogens is 646 g/mol. The predicted molar refractivity (Wildman–Crippen MR) is 190 cm³/mol. The Bertz CT molecular complexity index is 1490. The van der Waals surface area contributed by atoms with E-state index < -0.39 is 23.4 Å². The lowest BCUT2D eigenvalue weighted by molar-refractivity contribution is -0.491. The molecule has 1 amide bonds. The summed E-state index contributed by atoms with van der Waals surface area (Å²) in [5.41, 5.74) is 0.217. The highest BCUT2D eigenvalue weighted by atomic mass is 17.2. The number of fused-ring (bicyclic) bond motifs is 4. The highest BCUT2D eigenvalue weighted by molar-refractivity contribution is 5.84. The van der Waals surface area contributed by atoms with E-state index in [2.05, 4.69) is 46.9 Å². The summed E-state index contributed by atoms with van der Waals surface area (Å²) in [5.74, 6) is 2.74. The van der Waals surface area contributed by atoms with E-state index in [0.29, 0.717) is 36.0 Å². The number of benzene rings is 1. The first-order valence-electron chi connectivity index (χ1n) is 20.4. The lowest BCUT2D eigenvalue weighted by atomic mass is 9.55. The van der Waals surface area contributed by atoms with E-state index in [1.54, 1.807) is 0 Å². The molecule has 4 aliphatic carbocycles. The van der Waals surface area contributed by atoms with E-state index >= 15 is 0 Å². The van der Waals surface area contributed by atoms with Gasteiger partial charge in [-0.05, 0) is 132 Å². The van der Waals surface area contributed by atoms with Crippen LogP contribution >= 0.6 is 0 Å². The van der Waals surface area contributed by atoms with Gasteiger partial charge < -0.3 is 14.2 Å². The van der Waals surface area contributed by atoms with E-state index in [1.165, 1.54) is 6.42 Å². The highest BCUT2D eigenvalue weighted by Crippen LogP contribution is 2.64. The Kier molecular flexibility index (Phi) is 8.50. The second kappa shape index (κ2) is 12.4. The molecule has 0 radical (unpaired) electrons. The molecule has 11 rings (SSSR count). The van der Waals surface area contributed by atoms with Crippen molar-refractivity contribution < 1.29 is 38.6 Å². The van der Waals surface area contributed by atoms with Gasteiger partial charge in [0.1, 0.15) is 28.5 Å². The Morgan fingerprint density at radius 3 is 1.88 bits per heavy atom. The number of carbonyl (C=O) groups is 1. The molecule has 4 saturated carbocycles. The third kappa shape index (κ3) is 5.40. The van der Waals surface area contributed by atoms with E-state index in [1.807, 2.05) is 31.2 Å². The Labute approximate surface area is 304 Å². The van der Waals surface area contributed by atoms with Crippen LogP contribution in [0.1, 0.15) is 118 Å². The first-order chi connectivity index (χ1) is 24.3. The SMILES string of the molecule is Cc1ccc(NC(=O)O[C@@H](C[C@H]2O[C@@H]3C[C@@]4(C)CC[C@H]5[C@H](C)CC[C@@H]([C@H]2C)[C@@]35OO4)C2O[C@@H]3C[C@@]4(C)CC[C@H]5[C@H](C)CC[C@@H]([C@H]2C)[C@@]35OO4)cc1. The predicted octanol–water partition coefficient (Wildman–Crippen LogP) is 8.72. The Morgan fingerprint density at radius 2 is 1.29 bits per heavy atom. The Hall–Kier alpha value is -1.75. The van der Waals surface area contributed by atoms with Crippen LogP contribution in [0.3, 0.4) is 0 Å². The summed E-state index contributed by atoms with van der Waals surface area (Å²) in [6, 6.07) is 7.85. The third-order valence-corrected chi connectivity index (χ3v) is 16.0. The summed E-state index contributed by atoms with van der Waals surface area (Å²) in [6.45, 7) is 15.8. The summed E-state index contributed by atoms with van der Waals surface area (Å²) in [6.07, 6.45) is 9.28. The normalized spacial score (nSPS) is 51.7. The van der Waals surface area contributed by atoms with E-state index in [9.17, 15) is 4.79 Å². The largest absolute Gasteiger partial charge is 0.443 e. The summed E-state index contributed by atoms with van der Waals surface area (Å²) < 4.78 is 21.2. The average Bonchev–Trinajstić information content (AvgIpc) is 3.47. The van der Waals surface area contributed by atoms with Crippen LogP contribution in [-0.2, 0) is 33.8 Å². The monoisotopic (exact) mass is 707 g/mol. The summed E-state index contributed by atoms with van der Waals surface area (Å²) in [5, 5.41) is 3.03. The molecule has 9 heteroatoms. The number of anilines is 1. The zero-order valence-electron chi connectivity index (χ0n) is 31.9. The van der Waals surface area contributed by atoms with Gasteiger partial charge in [0.2, 0.25) is 0 Å². The molecule has 4 bridgehead atoms. The molecule has 17 atom stereocenters. The lowest BCUT2D eigenvalue weighted by Crippen LogP contribution is -2.71. The van der Waals surface area contributed by atoms with Crippen molar-refractivity contribution in [2.75, 3.05) is 5.32 Å². The maximum Gasteiger partial charge on any atom is 0.411 e. The molecule has 1 N–H and O–H groups in total. The molecule has 282 valence electrons. The van der Waals surface area contributed by atoms with Gasteiger partial charge in [-0.1, -0.05) is 45.4 Å². The highest BCUT2D eigenvalue weighted by Gasteiger charge is 2.70. The van der Waals surface area contributed by atoms with Crippen LogP contribution in [0, 0.1) is 54.3 Å². The number of aryl methyl sites for hydroxylation is 1. The molecule has 1 aromatic carbocycles. The summed E-state index contributed by atoms with van der Waals surface area (Å²) in [7, 11) is 0. The maximum atomic E-state index is 13.9. The minimum Gasteiger partial charge on any atom is -0.443 e. The molecule has 9 nitrogen and oxygen atoms in total. The third-order valence-electron chi connectivity index (χ3n) is 16.0. The number of rotatable bonds is 5. The van der Waals surface area contributed by atoms with Gasteiger partial charge in [0.05, 0.1) is 24.4 Å². The maximum absolute atomic E-state index is 13.9. The van der Waals surface area contributed by atoms with E-state index in [0.717, 1.165) is 69.0 Å². The minimum absolute atomic E-state index is 0.0589. The average molecular weight is 708 g/mol. The van der Waals surface area contributed by atoms with Crippen LogP contribution in [0.15, 0.2) is 24.3 Å². The van der Waals surface area contributed by atoms with Gasteiger partial charge in [-0.25, -0.2) is 24.3 Å². The van der Waals surface area contributed by atoms with Gasteiger partial charge >= 0.3 is 6.09 Å². The van der Waals surface area contributed by atoms with E-state index in [4.69, 9.17) is 33.8 Å². The van der Waals surface area contributed by atoms with Crippen molar-refractivity contribution >= 4 is 11.8 Å². The van der Waals surface area contributed by atoms with Gasteiger partial charge in [0, 0.05) is 24.9 Å². The smallest absolute Gasteiger partial charge is 0.411 e. The van der Waals surface area contributed by atoms with Crippen molar-refractivity contribution in [1.29, 1.82) is 0 Å². The molecule has 6 aliphatic heterocycles. The molecule has 51 heavy (non-hydrogen) atoms. The first-order valence-corrected chi connectivity index (χ1v) is 20.4. The fraction of sp³-hybridized carbons (Fsp3) is 0.833. The van der Waals surface area contributed by atoms with E-state index in [-0.39, 0.29) is 53.4 Å². The number of hydrogen-bond acceptors (Lipinski definition) is 8. The molecule has 6 saturated heterocycles. The summed E-state index contributed by atoms with van der Waals surface area (Å²) in [4.78, 5) is 39.7. The van der Waals surface area contributed by atoms with Gasteiger partial charge in [-0.2, -0.15) is 0 Å². The minimum atomic E-state index is -0.508. The molecular formula is C42H61NO8. The zero-order chi connectivity index (χ0) is 35.5. The van der Waals surface area contributed by atoms with Crippen LogP contribution in [-0.4, -0.2) is 59.0 Å². The van der Waals surface area contributed by atoms with Crippen molar-refractivity contribution in [2.24, 2.45) is 47.3 Å². The molecule has 0 aromatic heterocycles. The standard InChI is InChI=1S/C42H61NO8/c1-23-8-12-28(13-9-23)43-38(44)46-34(37-27(5)32-15-11-25(3)30-17-19-40(7)22-36(47-37)42(30,32)51-49-40)20-33-26(4)31-14-10-24(2)29-16-18-39(6)21-35(45-33)41(29,31)50-48-39/h8-9,12-13,24-27,29-37H,10-11,14-22H2,1-7H3,(H,43,44)/t24-,25-,26-,27-,29+,30+,31+,32+,33-,34+,35-,36-,37?,39-,40-,41-,42-/m1/s1. The molecule has 6 heterocycles.